The molecule has 0 spiro atoms. The fourth-order valence-electron chi connectivity index (χ4n) is 3.20. The molecule has 1 fully saturated rings. The molecule has 0 radical (unpaired) electrons. The van der Waals surface area contributed by atoms with Crippen LogP contribution < -0.4 is 15.0 Å². The van der Waals surface area contributed by atoms with Crippen LogP contribution in [-0.2, 0) is 6.54 Å². The molecule has 7 heteroatoms. The fourth-order valence-corrected chi connectivity index (χ4v) is 3.20. The van der Waals surface area contributed by atoms with E-state index in [1.165, 1.54) is 0 Å². The van der Waals surface area contributed by atoms with E-state index in [1.807, 2.05) is 36.5 Å². The average molecular weight is 507 g/mol. The number of guanidine groups is 1. The van der Waals surface area contributed by atoms with Gasteiger partial charge in [0.15, 0.2) is 5.96 Å². The van der Waals surface area contributed by atoms with Crippen molar-refractivity contribution in [1.82, 2.24) is 15.2 Å². The minimum Gasteiger partial charge on any atom is -0.489 e. The first-order chi connectivity index (χ1) is 13.8. The number of hydrogen-bond acceptors (Lipinski definition) is 4. The molecular weight excluding hydrogens is 477 g/mol. The number of hydrogen-bond donors (Lipinski definition) is 1. The molecule has 2 aromatic rings. The van der Waals surface area contributed by atoms with Crippen LogP contribution in [-0.4, -0.2) is 55.2 Å². The largest absolute Gasteiger partial charge is 0.489 e. The topological polar surface area (TPSA) is 53.0 Å². The van der Waals surface area contributed by atoms with E-state index in [9.17, 15) is 0 Å². The molecule has 1 aliphatic rings. The molecule has 1 aliphatic heterocycles. The first kappa shape index (κ1) is 23.0. The normalized spacial score (nSPS) is 14.2. The molecule has 1 aromatic carbocycles. The van der Waals surface area contributed by atoms with E-state index in [0.717, 1.165) is 55.8 Å². The first-order valence-corrected chi connectivity index (χ1v) is 9.82. The molecular formula is C22H30IN5O. The average Bonchev–Trinajstić information content (AvgIpc) is 2.76. The highest BCUT2D eigenvalue weighted by atomic mass is 127. The van der Waals surface area contributed by atoms with Crippen LogP contribution in [0.1, 0.15) is 12.5 Å². The Morgan fingerprint density at radius 2 is 1.93 bits per heavy atom. The third-order valence-corrected chi connectivity index (χ3v) is 4.62. The van der Waals surface area contributed by atoms with Gasteiger partial charge in [0.1, 0.15) is 18.2 Å². The van der Waals surface area contributed by atoms with Crippen LogP contribution in [0.25, 0.3) is 0 Å². The lowest BCUT2D eigenvalue weighted by Gasteiger charge is -2.37. The van der Waals surface area contributed by atoms with Crippen molar-refractivity contribution in [2.75, 3.05) is 44.2 Å². The van der Waals surface area contributed by atoms with Crippen LogP contribution in [0, 0.1) is 0 Å². The Kier molecular flexibility index (Phi) is 9.76. The molecule has 0 aliphatic carbocycles. The number of nitrogens with one attached hydrogen (secondary N) is 1. The molecule has 1 saturated heterocycles. The Morgan fingerprint density at radius 1 is 1.17 bits per heavy atom. The number of anilines is 1. The summed E-state index contributed by atoms with van der Waals surface area (Å²) in [7, 11) is 0. The number of ether oxygens (including phenoxy) is 1. The number of pyridine rings is 1. The highest BCUT2D eigenvalue weighted by Gasteiger charge is 2.20. The quantitative estimate of drug-likeness (QED) is 0.269. The predicted molar refractivity (Wildman–Crippen MR) is 130 cm³/mol. The molecule has 6 nitrogen and oxygen atoms in total. The molecule has 0 saturated carbocycles. The number of aromatic nitrogens is 1. The second-order valence-electron chi connectivity index (χ2n) is 6.54. The molecule has 0 unspecified atom stereocenters. The lowest BCUT2D eigenvalue weighted by atomic mass is 10.2. The zero-order valence-corrected chi connectivity index (χ0v) is 19.3. The Morgan fingerprint density at radius 3 is 2.62 bits per heavy atom. The summed E-state index contributed by atoms with van der Waals surface area (Å²) in [4.78, 5) is 14.0. The number of aliphatic imine (C=N–C) groups is 1. The van der Waals surface area contributed by atoms with Gasteiger partial charge in [0.2, 0.25) is 0 Å². The van der Waals surface area contributed by atoms with Crippen molar-refractivity contribution >= 4 is 35.8 Å². The van der Waals surface area contributed by atoms with Crippen molar-refractivity contribution in [3.63, 3.8) is 0 Å². The van der Waals surface area contributed by atoms with Crippen LogP contribution in [0.5, 0.6) is 5.75 Å². The fraction of sp³-hybridized carbons (Fsp3) is 0.364. The van der Waals surface area contributed by atoms with Crippen molar-refractivity contribution in [3.8, 4) is 5.75 Å². The van der Waals surface area contributed by atoms with Gasteiger partial charge in [-0.2, -0.15) is 0 Å². The van der Waals surface area contributed by atoms with Crippen LogP contribution in [0.3, 0.4) is 0 Å². The molecule has 156 valence electrons. The van der Waals surface area contributed by atoms with Gasteiger partial charge in [0.25, 0.3) is 0 Å². The predicted octanol–water partition coefficient (Wildman–Crippen LogP) is 3.55. The van der Waals surface area contributed by atoms with Crippen molar-refractivity contribution in [2.24, 2.45) is 4.99 Å². The third-order valence-electron chi connectivity index (χ3n) is 4.62. The minimum atomic E-state index is 0. The molecule has 0 atom stereocenters. The monoisotopic (exact) mass is 507 g/mol. The third kappa shape index (κ3) is 6.62. The van der Waals surface area contributed by atoms with Crippen molar-refractivity contribution in [1.29, 1.82) is 0 Å². The second kappa shape index (κ2) is 12.3. The zero-order valence-electron chi connectivity index (χ0n) is 17.0. The van der Waals surface area contributed by atoms with Gasteiger partial charge in [-0.1, -0.05) is 36.9 Å². The van der Waals surface area contributed by atoms with E-state index in [2.05, 4.69) is 45.7 Å². The highest BCUT2D eigenvalue weighted by molar-refractivity contribution is 14.0. The van der Waals surface area contributed by atoms with Gasteiger partial charge in [-0.25, -0.2) is 9.98 Å². The van der Waals surface area contributed by atoms with Crippen molar-refractivity contribution in [3.05, 3.63) is 66.9 Å². The van der Waals surface area contributed by atoms with Gasteiger partial charge >= 0.3 is 0 Å². The summed E-state index contributed by atoms with van der Waals surface area (Å²) >= 11 is 0. The van der Waals surface area contributed by atoms with E-state index in [4.69, 9.17) is 9.73 Å². The molecule has 29 heavy (non-hydrogen) atoms. The van der Waals surface area contributed by atoms with Crippen molar-refractivity contribution in [2.45, 2.75) is 13.5 Å². The summed E-state index contributed by atoms with van der Waals surface area (Å²) in [6.45, 7) is 11.4. The molecule has 0 amide bonds. The minimum absolute atomic E-state index is 0. The lowest BCUT2D eigenvalue weighted by molar-refractivity contribution is 0.358. The van der Waals surface area contributed by atoms with E-state index in [1.54, 1.807) is 6.08 Å². The number of halogens is 1. The SMILES string of the molecule is C=CCOc1ccccc1CN=C(NCC)N1CCN(c2ccccn2)CC1.I. The van der Waals surface area contributed by atoms with Gasteiger partial charge < -0.3 is 19.9 Å². The maximum Gasteiger partial charge on any atom is 0.194 e. The maximum atomic E-state index is 5.75. The Labute approximate surface area is 190 Å². The van der Waals surface area contributed by atoms with Gasteiger partial charge in [-0.15, -0.1) is 24.0 Å². The Hall–Kier alpha value is -2.29. The van der Waals surface area contributed by atoms with Crippen LogP contribution in [0.15, 0.2) is 66.3 Å². The highest BCUT2D eigenvalue weighted by Crippen LogP contribution is 2.19. The smallest absolute Gasteiger partial charge is 0.194 e. The second-order valence-corrected chi connectivity index (χ2v) is 6.54. The zero-order chi connectivity index (χ0) is 19.6. The number of nitrogens with zero attached hydrogens (tertiary/aromatic N) is 4. The molecule has 2 heterocycles. The van der Waals surface area contributed by atoms with Gasteiger partial charge in [-0.05, 0) is 25.1 Å². The summed E-state index contributed by atoms with van der Waals surface area (Å²) < 4.78 is 5.75. The van der Waals surface area contributed by atoms with Crippen LogP contribution >= 0.6 is 24.0 Å². The number of benzene rings is 1. The Bertz CT molecular complexity index is 776. The van der Waals surface area contributed by atoms with Gasteiger partial charge in [0.05, 0.1) is 6.54 Å². The standard InChI is InChI=1S/C22H29N5O.HI/c1-3-17-28-20-10-6-5-9-19(20)18-25-22(23-4-2)27-15-13-26(14-16-27)21-11-7-8-12-24-21;/h3,5-12H,1,4,13-18H2,2H3,(H,23,25);1H. The number of para-hydroxylation sites is 1. The maximum absolute atomic E-state index is 5.75. The number of piperazine rings is 1. The molecule has 0 bridgehead atoms. The number of rotatable bonds is 7. The summed E-state index contributed by atoms with van der Waals surface area (Å²) in [5.41, 5.74) is 1.08. The molecule has 1 N–H and O–H groups in total. The van der Waals surface area contributed by atoms with Gasteiger partial charge in [0, 0.05) is 44.5 Å². The van der Waals surface area contributed by atoms with E-state index in [-0.39, 0.29) is 24.0 Å². The van der Waals surface area contributed by atoms with E-state index >= 15 is 0 Å². The van der Waals surface area contributed by atoms with Gasteiger partial charge in [-0.3, -0.25) is 0 Å². The summed E-state index contributed by atoms with van der Waals surface area (Å²) in [5, 5.41) is 3.42. The van der Waals surface area contributed by atoms with Crippen LogP contribution in [0.2, 0.25) is 0 Å². The first-order valence-electron chi connectivity index (χ1n) is 9.82. The molecule has 1 aromatic heterocycles. The van der Waals surface area contributed by atoms with E-state index < -0.39 is 0 Å². The lowest BCUT2D eigenvalue weighted by Crippen LogP contribution is -2.52. The molecule has 3 rings (SSSR count). The summed E-state index contributed by atoms with van der Waals surface area (Å²) in [6, 6.07) is 14.1. The summed E-state index contributed by atoms with van der Waals surface area (Å²) in [6.07, 6.45) is 3.60. The van der Waals surface area contributed by atoms with Crippen LogP contribution in [0.4, 0.5) is 5.82 Å². The van der Waals surface area contributed by atoms with E-state index in [0.29, 0.717) is 13.2 Å². The summed E-state index contributed by atoms with van der Waals surface area (Å²) in [5.74, 6) is 2.85. The Balaban J connectivity index is 0.00000300. The van der Waals surface area contributed by atoms with Crippen molar-refractivity contribution < 1.29 is 4.74 Å².